The molecule has 0 bridgehead atoms. The lowest BCUT2D eigenvalue weighted by Gasteiger charge is -2.31. The zero-order chi connectivity index (χ0) is 17.6. The van der Waals surface area contributed by atoms with Gasteiger partial charge in [-0.05, 0) is 31.2 Å². The van der Waals surface area contributed by atoms with Crippen molar-refractivity contribution in [1.82, 2.24) is 9.80 Å². The van der Waals surface area contributed by atoms with Gasteiger partial charge in [0.25, 0.3) is 0 Å². The van der Waals surface area contributed by atoms with Crippen molar-refractivity contribution in [2.24, 2.45) is 0 Å². The number of hydrogen-bond donors (Lipinski definition) is 0. The van der Waals surface area contributed by atoms with Crippen molar-refractivity contribution < 1.29 is 9.53 Å². The third-order valence-electron chi connectivity index (χ3n) is 4.63. The summed E-state index contributed by atoms with van der Waals surface area (Å²) < 4.78 is 5.71. The number of hydrogen-bond acceptors (Lipinski definition) is 4. The minimum absolute atomic E-state index is 0.178. The number of ether oxygens (including phenoxy) is 1. The van der Waals surface area contributed by atoms with Gasteiger partial charge in [-0.1, -0.05) is 48.0 Å². The summed E-state index contributed by atoms with van der Waals surface area (Å²) in [6.07, 6.45) is 0.764. The molecule has 1 aliphatic heterocycles. The smallest absolute Gasteiger partial charge is 0.325 e. The average Bonchev–Trinajstić information content (AvgIpc) is 2.60. The molecule has 1 aliphatic rings. The molecule has 1 fully saturated rings. The van der Waals surface area contributed by atoms with Gasteiger partial charge in [0.05, 0.1) is 6.54 Å². The highest BCUT2D eigenvalue weighted by atomic mass is 16.5. The summed E-state index contributed by atoms with van der Waals surface area (Å²) in [6.45, 7) is 6.23. The molecule has 0 N–H and O–H groups in total. The molecule has 0 unspecified atom stereocenters. The molecule has 0 atom stereocenters. The van der Waals surface area contributed by atoms with E-state index in [0.717, 1.165) is 38.2 Å². The maximum absolute atomic E-state index is 12.4. The van der Waals surface area contributed by atoms with Gasteiger partial charge in [0.1, 0.15) is 5.75 Å². The van der Waals surface area contributed by atoms with Crippen molar-refractivity contribution >= 4 is 5.97 Å². The third kappa shape index (κ3) is 5.15. The molecule has 0 aliphatic carbocycles. The molecule has 0 spiro atoms. The van der Waals surface area contributed by atoms with Gasteiger partial charge in [0, 0.05) is 32.6 Å². The number of piperazine rings is 1. The van der Waals surface area contributed by atoms with E-state index < -0.39 is 0 Å². The fraction of sp³-hybridized carbons (Fsp3) is 0.381. The molecule has 2 aromatic rings. The Morgan fingerprint density at radius 3 is 2.48 bits per heavy atom. The number of carbonyl (C=O) groups excluding carboxylic acids is 1. The molecule has 3 rings (SSSR count). The molecule has 4 nitrogen and oxygen atoms in total. The number of carbonyl (C=O) groups is 1. The Labute approximate surface area is 150 Å². The Kier molecular flexibility index (Phi) is 5.84. The van der Waals surface area contributed by atoms with Crippen molar-refractivity contribution in [2.75, 3.05) is 39.8 Å². The molecule has 0 amide bonds. The molecule has 0 saturated carbocycles. The van der Waals surface area contributed by atoms with Crippen molar-refractivity contribution in [1.29, 1.82) is 0 Å². The predicted octanol–water partition coefficient (Wildman–Crippen LogP) is 2.74. The quantitative estimate of drug-likeness (QED) is 0.620. The molecule has 4 heteroatoms. The van der Waals surface area contributed by atoms with E-state index in [9.17, 15) is 4.79 Å². The third-order valence-corrected chi connectivity index (χ3v) is 4.63. The molecule has 0 aromatic heterocycles. The zero-order valence-electron chi connectivity index (χ0n) is 15.1. The average molecular weight is 338 g/mol. The van der Waals surface area contributed by atoms with Gasteiger partial charge in [-0.3, -0.25) is 9.69 Å². The Bertz CT molecular complexity index is 707. The molecule has 2 aromatic carbocycles. The number of nitrogens with zero attached hydrogens (tertiary/aromatic N) is 2. The Morgan fingerprint density at radius 1 is 1.04 bits per heavy atom. The van der Waals surface area contributed by atoms with Crippen LogP contribution in [0.4, 0.5) is 0 Å². The minimum Gasteiger partial charge on any atom is -0.425 e. The second kappa shape index (κ2) is 8.28. The lowest BCUT2D eigenvalue weighted by atomic mass is 10.0. The Balaban J connectivity index is 1.66. The van der Waals surface area contributed by atoms with E-state index >= 15 is 0 Å². The van der Waals surface area contributed by atoms with E-state index in [1.165, 1.54) is 11.1 Å². The van der Waals surface area contributed by atoms with Gasteiger partial charge in [0.2, 0.25) is 0 Å². The molecule has 1 saturated heterocycles. The van der Waals surface area contributed by atoms with E-state index in [0.29, 0.717) is 12.3 Å². The fourth-order valence-corrected chi connectivity index (χ4v) is 3.11. The molecular weight excluding hydrogens is 312 g/mol. The van der Waals surface area contributed by atoms with E-state index in [-0.39, 0.29) is 5.97 Å². The van der Waals surface area contributed by atoms with Crippen LogP contribution >= 0.6 is 0 Å². The van der Waals surface area contributed by atoms with Gasteiger partial charge < -0.3 is 9.64 Å². The van der Waals surface area contributed by atoms with Crippen LogP contribution < -0.4 is 4.74 Å². The Morgan fingerprint density at radius 2 is 1.76 bits per heavy atom. The highest BCUT2D eigenvalue weighted by Crippen LogP contribution is 2.23. The summed E-state index contributed by atoms with van der Waals surface area (Å²) in [5.74, 6) is 0.497. The van der Waals surface area contributed by atoms with Crippen LogP contribution in [0, 0.1) is 6.92 Å². The maximum Gasteiger partial charge on any atom is 0.325 e. The predicted molar refractivity (Wildman–Crippen MR) is 100.0 cm³/mol. The van der Waals surface area contributed by atoms with Gasteiger partial charge in [-0.15, -0.1) is 0 Å². The van der Waals surface area contributed by atoms with Crippen LogP contribution in [0.15, 0.2) is 48.5 Å². The van der Waals surface area contributed by atoms with E-state index in [4.69, 9.17) is 4.74 Å². The zero-order valence-corrected chi connectivity index (χ0v) is 15.1. The van der Waals surface area contributed by atoms with Crippen LogP contribution in [0.3, 0.4) is 0 Å². The second-order valence-electron chi connectivity index (χ2n) is 6.83. The first-order valence-corrected chi connectivity index (χ1v) is 8.85. The monoisotopic (exact) mass is 338 g/mol. The minimum atomic E-state index is -0.178. The first kappa shape index (κ1) is 17.6. The number of aryl methyl sites for hydroxylation is 1. The number of likely N-dealkylation sites (N-methyl/N-ethyl adjacent to an activating group) is 1. The maximum atomic E-state index is 12.4. The van der Waals surface area contributed by atoms with Crippen molar-refractivity contribution in [3.8, 4) is 5.75 Å². The highest BCUT2D eigenvalue weighted by Gasteiger charge is 2.18. The van der Waals surface area contributed by atoms with Crippen molar-refractivity contribution in [3.05, 3.63) is 65.2 Å². The van der Waals surface area contributed by atoms with Crippen LogP contribution in [0.25, 0.3) is 0 Å². The highest BCUT2D eigenvalue weighted by molar-refractivity contribution is 5.75. The normalized spacial score (nSPS) is 15.9. The van der Waals surface area contributed by atoms with E-state index in [2.05, 4.69) is 42.0 Å². The second-order valence-corrected chi connectivity index (χ2v) is 6.83. The summed E-state index contributed by atoms with van der Waals surface area (Å²) in [5, 5.41) is 0. The van der Waals surface area contributed by atoms with Gasteiger partial charge in [-0.2, -0.15) is 0 Å². The fourth-order valence-electron chi connectivity index (χ4n) is 3.11. The first-order valence-electron chi connectivity index (χ1n) is 8.85. The summed E-state index contributed by atoms with van der Waals surface area (Å²) in [7, 11) is 2.11. The van der Waals surface area contributed by atoms with Crippen LogP contribution in [0.5, 0.6) is 5.75 Å². The summed E-state index contributed by atoms with van der Waals surface area (Å²) in [4.78, 5) is 16.8. The first-order chi connectivity index (χ1) is 12.1. The van der Waals surface area contributed by atoms with Gasteiger partial charge in [0.15, 0.2) is 0 Å². The van der Waals surface area contributed by atoms with Crippen LogP contribution in [-0.4, -0.2) is 55.5 Å². The van der Waals surface area contributed by atoms with Crippen LogP contribution in [0.2, 0.25) is 0 Å². The molecule has 1 heterocycles. The Hall–Kier alpha value is -2.17. The molecular formula is C21H26N2O2. The van der Waals surface area contributed by atoms with Gasteiger partial charge >= 0.3 is 5.97 Å². The van der Waals surface area contributed by atoms with Crippen LogP contribution in [-0.2, 0) is 11.2 Å². The summed E-state index contributed by atoms with van der Waals surface area (Å²) in [5.41, 5.74) is 3.44. The largest absolute Gasteiger partial charge is 0.425 e. The molecule has 25 heavy (non-hydrogen) atoms. The standard InChI is InChI=1S/C21H26N2O2/c1-17-8-9-20(19(14-17)15-18-6-4-3-5-7-18)25-21(24)16-23-12-10-22(2)11-13-23/h3-9,14H,10-13,15-16H2,1-2H3. The lowest BCUT2D eigenvalue weighted by Crippen LogP contribution is -2.46. The topological polar surface area (TPSA) is 32.8 Å². The van der Waals surface area contributed by atoms with Crippen molar-refractivity contribution in [3.63, 3.8) is 0 Å². The number of benzene rings is 2. The summed E-state index contributed by atoms with van der Waals surface area (Å²) in [6, 6.07) is 16.3. The van der Waals surface area contributed by atoms with E-state index in [1.807, 2.05) is 30.3 Å². The molecule has 132 valence electrons. The van der Waals surface area contributed by atoms with Gasteiger partial charge in [-0.25, -0.2) is 0 Å². The van der Waals surface area contributed by atoms with Crippen molar-refractivity contribution in [2.45, 2.75) is 13.3 Å². The van der Waals surface area contributed by atoms with Crippen LogP contribution in [0.1, 0.15) is 16.7 Å². The SMILES string of the molecule is Cc1ccc(OC(=O)CN2CCN(C)CC2)c(Cc2ccccc2)c1. The lowest BCUT2D eigenvalue weighted by molar-refractivity contribution is -0.136. The molecule has 0 radical (unpaired) electrons. The summed E-state index contributed by atoms with van der Waals surface area (Å²) >= 11 is 0. The number of esters is 1. The number of rotatable bonds is 5. The van der Waals surface area contributed by atoms with E-state index in [1.54, 1.807) is 0 Å².